The number of halogens is 5. The number of hydrogen-bond acceptors (Lipinski definition) is 7. The zero-order chi connectivity index (χ0) is 26.5. The molecule has 194 valence electrons. The van der Waals surface area contributed by atoms with Crippen LogP contribution >= 0.6 is 23.4 Å². The molecule has 0 saturated carbocycles. The first-order valence-electron chi connectivity index (χ1n) is 10.4. The van der Waals surface area contributed by atoms with E-state index < -0.39 is 27.3 Å². The first kappa shape index (κ1) is 27.7. The minimum Gasteiger partial charge on any atom is -0.435 e. The third-order valence-electron chi connectivity index (χ3n) is 4.91. The fourth-order valence-electron chi connectivity index (χ4n) is 3.14. The summed E-state index contributed by atoms with van der Waals surface area (Å²) in [7, 11) is -1.05. The molecular weight excluding hydrogens is 542 g/mol. The number of hydrogen-bond donors (Lipinski definition) is 2. The normalized spacial score (nSPS) is 11.4. The lowest BCUT2D eigenvalue weighted by molar-refractivity contribution is -0.0498. The number of sulfonamides is 1. The molecule has 0 aliphatic carbocycles. The number of rotatable bonds is 11. The van der Waals surface area contributed by atoms with Gasteiger partial charge in [0.2, 0.25) is 0 Å². The van der Waals surface area contributed by atoms with E-state index in [1.165, 1.54) is 36.5 Å². The van der Waals surface area contributed by atoms with E-state index in [-0.39, 0.29) is 22.3 Å². The number of likely N-dealkylation sites (N-methyl/N-ethyl adjacent to an activating group) is 2. The quantitative estimate of drug-likeness (QED) is 0.309. The van der Waals surface area contributed by atoms with Gasteiger partial charge in [-0.3, -0.25) is 0 Å². The summed E-state index contributed by atoms with van der Waals surface area (Å²) >= 11 is 12.3. The van der Waals surface area contributed by atoms with E-state index >= 15 is 4.39 Å². The molecule has 0 fully saturated rings. The number of anilines is 4. The van der Waals surface area contributed by atoms with Crippen molar-refractivity contribution in [3.8, 4) is 5.75 Å². The Morgan fingerprint density at radius 1 is 1.14 bits per heavy atom. The van der Waals surface area contributed by atoms with Gasteiger partial charge in [0.15, 0.2) is 5.82 Å². The number of ether oxygens (including phenoxy) is 1. The third-order valence-corrected chi connectivity index (χ3v) is 7.42. The fourth-order valence-corrected chi connectivity index (χ4v) is 4.84. The molecule has 14 heteroatoms. The van der Waals surface area contributed by atoms with E-state index in [1.807, 2.05) is 0 Å². The van der Waals surface area contributed by atoms with Crippen molar-refractivity contribution in [3.05, 3.63) is 65.6 Å². The molecule has 8 nitrogen and oxygen atoms in total. The van der Waals surface area contributed by atoms with Crippen LogP contribution in [-0.2, 0) is 10.0 Å². The SMILES string of the molecule is CNCCN(C)c1cc(OC(F)F)ccc1Nc1cc(F)c(S(=O)(=O)N(Cl)c2ccccn2)cc1Cl. The van der Waals surface area contributed by atoms with Crippen molar-refractivity contribution in [1.29, 1.82) is 0 Å². The molecule has 0 atom stereocenters. The highest BCUT2D eigenvalue weighted by Crippen LogP contribution is 2.37. The number of aromatic nitrogens is 1. The Labute approximate surface area is 216 Å². The van der Waals surface area contributed by atoms with Gasteiger partial charge in [0, 0.05) is 50.2 Å². The van der Waals surface area contributed by atoms with E-state index in [0.29, 0.717) is 28.3 Å². The molecule has 1 aromatic heterocycles. The maximum atomic E-state index is 15.0. The van der Waals surface area contributed by atoms with Crippen LogP contribution in [0.3, 0.4) is 0 Å². The molecule has 0 saturated heterocycles. The van der Waals surface area contributed by atoms with Gasteiger partial charge in [-0.15, -0.1) is 0 Å². The number of alkyl halides is 2. The molecule has 0 amide bonds. The minimum absolute atomic E-state index is 0.0397. The van der Waals surface area contributed by atoms with Crippen LogP contribution in [0.5, 0.6) is 5.75 Å². The van der Waals surface area contributed by atoms with Gasteiger partial charge in [0.05, 0.1) is 22.1 Å². The number of pyridine rings is 1. The van der Waals surface area contributed by atoms with Crippen LogP contribution in [0.4, 0.5) is 36.1 Å². The second-order valence-corrected chi connectivity index (χ2v) is 10.1. The van der Waals surface area contributed by atoms with Gasteiger partial charge in [-0.1, -0.05) is 17.7 Å². The summed E-state index contributed by atoms with van der Waals surface area (Å²) in [5.41, 5.74) is 0.885. The smallest absolute Gasteiger partial charge is 0.387 e. The van der Waals surface area contributed by atoms with Gasteiger partial charge in [-0.25, -0.2) is 9.37 Å². The molecule has 3 rings (SSSR count). The highest BCUT2D eigenvalue weighted by molar-refractivity contribution is 7.94. The lowest BCUT2D eigenvalue weighted by atomic mass is 10.2. The second-order valence-electron chi connectivity index (χ2n) is 7.38. The lowest BCUT2D eigenvalue weighted by Crippen LogP contribution is -2.27. The highest BCUT2D eigenvalue weighted by Gasteiger charge is 2.29. The predicted molar refractivity (Wildman–Crippen MR) is 135 cm³/mol. The van der Waals surface area contributed by atoms with Gasteiger partial charge in [-0.05, 0) is 37.4 Å². The molecule has 1 heterocycles. The maximum absolute atomic E-state index is 15.0. The highest BCUT2D eigenvalue weighted by atomic mass is 35.5. The molecule has 3 aromatic rings. The first-order valence-corrected chi connectivity index (χ1v) is 12.5. The minimum atomic E-state index is -4.54. The summed E-state index contributed by atoms with van der Waals surface area (Å²) in [6.45, 7) is -1.92. The molecule has 0 aliphatic heterocycles. The molecular formula is C22H22Cl2F3N5O3S. The van der Waals surface area contributed by atoms with Gasteiger partial charge >= 0.3 is 6.61 Å². The van der Waals surface area contributed by atoms with Crippen LogP contribution in [0, 0.1) is 5.82 Å². The van der Waals surface area contributed by atoms with Crippen molar-refractivity contribution < 1.29 is 26.3 Å². The van der Waals surface area contributed by atoms with Gasteiger partial charge < -0.3 is 20.3 Å². The molecule has 2 aromatic carbocycles. The Kier molecular flexibility index (Phi) is 9.12. The average Bonchev–Trinajstić information content (AvgIpc) is 2.84. The summed E-state index contributed by atoms with van der Waals surface area (Å²) in [4.78, 5) is 4.85. The summed E-state index contributed by atoms with van der Waals surface area (Å²) in [6, 6.07) is 10.4. The van der Waals surface area contributed by atoms with Crippen LogP contribution in [-0.4, -0.2) is 47.2 Å². The molecule has 0 bridgehead atoms. The van der Waals surface area contributed by atoms with Crippen molar-refractivity contribution in [2.45, 2.75) is 11.5 Å². The second kappa shape index (κ2) is 11.9. The monoisotopic (exact) mass is 563 g/mol. The molecule has 0 unspecified atom stereocenters. The van der Waals surface area contributed by atoms with Crippen molar-refractivity contribution in [1.82, 2.24) is 10.3 Å². The van der Waals surface area contributed by atoms with Gasteiger partial charge in [-0.2, -0.15) is 21.0 Å². The Hall–Kier alpha value is -2.93. The Balaban J connectivity index is 1.96. The third kappa shape index (κ3) is 6.44. The average molecular weight is 564 g/mol. The van der Waals surface area contributed by atoms with Crippen molar-refractivity contribution in [2.75, 3.05) is 41.2 Å². The number of nitrogens with one attached hydrogen (secondary N) is 2. The van der Waals surface area contributed by atoms with Gasteiger partial charge in [0.1, 0.15) is 16.5 Å². The lowest BCUT2D eigenvalue weighted by Gasteiger charge is -2.24. The van der Waals surface area contributed by atoms with E-state index in [4.69, 9.17) is 23.4 Å². The van der Waals surface area contributed by atoms with E-state index in [1.54, 1.807) is 25.1 Å². The standard InChI is InChI=1S/C22H22Cl2F3N5O3S/c1-28-9-10-31(2)19-11-14(35-22(26)27)6-7-17(19)30-18-13-16(25)20(12-15(18)23)36(33,34)32(24)21-5-3-4-8-29-21/h3-8,11-13,22,28,30H,9-10H2,1-2H3. The van der Waals surface area contributed by atoms with Crippen molar-refractivity contribution in [3.63, 3.8) is 0 Å². The molecule has 0 radical (unpaired) electrons. The summed E-state index contributed by atoms with van der Waals surface area (Å²) < 4.78 is 71.1. The van der Waals surface area contributed by atoms with E-state index in [0.717, 1.165) is 12.1 Å². The number of benzene rings is 2. The van der Waals surface area contributed by atoms with Crippen LogP contribution in [0.1, 0.15) is 0 Å². The summed E-state index contributed by atoms with van der Waals surface area (Å²) in [6.07, 6.45) is 1.33. The summed E-state index contributed by atoms with van der Waals surface area (Å²) in [5.74, 6) is -1.32. The van der Waals surface area contributed by atoms with E-state index in [9.17, 15) is 17.2 Å². The molecule has 0 spiro atoms. The zero-order valence-corrected chi connectivity index (χ0v) is 21.4. The maximum Gasteiger partial charge on any atom is 0.387 e. The Bertz CT molecular complexity index is 1300. The largest absolute Gasteiger partial charge is 0.435 e. The molecule has 0 aliphatic rings. The molecule has 2 N–H and O–H groups in total. The zero-order valence-electron chi connectivity index (χ0n) is 19.1. The number of nitrogens with zero attached hydrogens (tertiary/aromatic N) is 3. The Morgan fingerprint density at radius 2 is 1.89 bits per heavy atom. The van der Waals surface area contributed by atoms with Gasteiger partial charge in [0.25, 0.3) is 10.0 Å². The predicted octanol–water partition coefficient (Wildman–Crippen LogP) is 5.22. The van der Waals surface area contributed by atoms with E-state index in [2.05, 4.69) is 20.4 Å². The van der Waals surface area contributed by atoms with Crippen LogP contribution in [0.2, 0.25) is 5.02 Å². The van der Waals surface area contributed by atoms with Crippen molar-refractivity contribution >= 4 is 56.3 Å². The molecule has 36 heavy (non-hydrogen) atoms. The van der Waals surface area contributed by atoms with Crippen LogP contribution in [0.15, 0.2) is 59.6 Å². The topological polar surface area (TPSA) is 86.8 Å². The summed E-state index contributed by atoms with van der Waals surface area (Å²) in [5, 5.41) is 5.78. The fraction of sp³-hybridized carbons (Fsp3) is 0.227. The van der Waals surface area contributed by atoms with Crippen LogP contribution in [0.25, 0.3) is 0 Å². The van der Waals surface area contributed by atoms with Crippen LogP contribution < -0.4 is 24.1 Å². The van der Waals surface area contributed by atoms with Crippen molar-refractivity contribution in [2.24, 2.45) is 0 Å². The Morgan fingerprint density at radius 3 is 2.53 bits per heavy atom. The first-order chi connectivity index (χ1) is 17.0.